The molecule has 0 saturated carbocycles. The first-order valence-corrected chi connectivity index (χ1v) is 7.10. The summed E-state index contributed by atoms with van der Waals surface area (Å²) in [6.45, 7) is 9.95. The quantitative estimate of drug-likeness (QED) is 0.897. The van der Waals surface area contributed by atoms with Crippen LogP contribution in [0, 0.1) is 6.92 Å². The summed E-state index contributed by atoms with van der Waals surface area (Å²) >= 11 is 0. The van der Waals surface area contributed by atoms with Gasteiger partial charge >= 0.3 is 0 Å². The van der Waals surface area contributed by atoms with Gasteiger partial charge in [0.25, 0.3) is 0 Å². The number of hydrogen-bond donors (Lipinski definition) is 1. The van der Waals surface area contributed by atoms with E-state index < -0.39 is 11.0 Å². The molecule has 1 unspecified atom stereocenters. The lowest BCUT2D eigenvalue weighted by Gasteiger charge is -2.23. The van der Waals surface area contributed by atoms with Gasteiger partial charge in [0.2, 0.25) is 0 Å². The maximum atomic E-state index is 12.1. The van der Waals surface area contributed by atoms with Gasteiger partial charge < -0.3 is 0 Å². The number of hydrogen-bond acceptors (Lipinski definition) is 2. The molecular formula is C13H22N2OS. The molecule has 0 spiro atoms. The molecule has 1 heterocycles. The zero-order chi connectivity index (χ0) is 13.1. The van der Waals surface area contributed by atoms with Crippen LogP contribution in [0.15, 0.2) is 18.3 Å². The van der Waals surface area contributed by atoms with E-state index in [-0.39, 0.29) is 10.8 Å². The molecule has 0 fully saturated rings. The summed E-state index contributed by atoms with van der Waals surface area (Å²) < 4.78 is 15.0. The second-order valence-corrected chi connectivity index (χ2v) is 7.19. The summed E-state index contributed by atoms with van der Waals surface area (Å²) in [6.07, 6.45) is 2.75. The van der Waals surface area contributed by atoms with Crippen molar-refractivity contribution in [2.45, 2.75) is 51.8 Å². The van der Waals surface area contributed by atoms with E-state index in [1.165, 1.54) is 0 Å². The predicted molar refractivity (Wildman–Crippen MR) is 73.0 cm³/mol. The monoisotopic (exact) mass is 254 g/mol. The van der Waals surface area contributed by atoms with Crippen molar-refractivity contribution >= 4 is 11.0 Å². The third kappa shape index (κ3) is 4.21. The van der Waals surface area contributed by atoms with Gasteiger partial charge in [-0.2, -0.15) is 0 Å². The largest absolute Gasteiger partial charge is 0.261 e. The van der Waals surface area contributed by atoms with Gasteiger partial charge in [-0.05, 0) is 45.7 Å². The molecule has 3 nitrogen and oxygen atoms in total. The second kappa shape index (κ2) is 5.74. The fourth-order valence-corrected chi connectivity index (χ4v) is 2.29. The van der Waals surface area contributed by atoms with Crippen molar-refractivity contribution in [3.05, 3.63) is 29.6 Å². The highest BCUT2D eigenvalue weighted by atomic mass is 32.2. The first-order valence-electron chi connectivity index (χ1n) is 5.95. The van der Waals surface area contributed by atoms with E-state index in [1.54, 1.807) is 0 Å². The highest BCUT2D eigenvalue weighted by Crippen LogP contribution is 2.19. The van der Waals surface area contributed by atoms with Crippen molar-refractivity contribution in [2.75, 3.05) is 0 Å². The summed E-state index contributed by atoms with van der Waals surface area (Å²) in [4.78, 5) is 4.28. The van der Waals surface area contributed by atoms with Gasteiger partial charge in [0.1, 0.15) is 0 Å². The van der Waals surface area contributed by atoms with Crippen LogP contribution in [0.4, 0.5) is 0 Å². The van der Waals surface area contributed by atoms with Crippen molar-refractivity contribution in [2.24, 2.45) is 0 Å². The van der Waals surface area contributed by atoms with Gasteiger partial charge in [-0.15, -0.1) is 0 Å². The third-order valence-electron chi connectivity index (χ3n) is 2.55. The molecule has 1 N–H and O–H groups in total. The molecule has 1 aromatic heterocycles. The molecule has 0 bridgehead atoms. The number of nitrogens with one attached hydrogen (secondary N) is 1. The molecule has 17 heavy (non-hydrogen) atoms. The van der Waals surface area contributed by atoms with Crippen molar-refractivity contribution in [1.82, 2.24) is 9.71 Å². The minimum Gasteiger partial charge on any atom is -0.261 e. The Balaban J connectivity index is 2.79. The Hall–Kier alpha value is -0.740. The molecule has 4 heteroatoms. The molecule has 2 atom stereocenters. The average Bonchev–Trinajstić information content (AvgIpc) is 2.25. The van der Waals surface area contributed by atoms with Crippen molar-refractivity contribution in [3.63, 3.8) is 0 Å². The summed E-state index contributed by atoms with van der Waals surface area (Å²) in [5, 5.41) is 0. The van der Waals surface area contributed by atoms with Crippen LogP contribution in [0.2, 0.25) is 0 Å². The van der Waals surface area contributed by atoms with Gasteiger partial charge in [-0.25, -0.2) is 8.93 Å². The van der Waals surface area contributed by atoms with Crippen LogP contribution in [0.1, 0.15) is 51.4 Å². The molecule has 0 saturated heterocycles. The van der Waals surface area contributed by atoms with E-state index in [4.69, 9.17) is 0 Å². The second-order valence-electron chi connectivity index (χ2n) is 5.19. The van der Waals surface area contributed by atoms with E-state index in [9.17, 15) is 4.21 Å². The van der Waals surface area contributed by atoms with Crippen molar-refractivity contribution in [3.8, 4) is 0 Å². The Labute approximate surface area is 107 Å². The van der Waals surface area contributed by atoms with Gasteiger partial charge in [-0.1, -0.05) is 13.0 Å². The summed E-state index contributed by atoms with van der Waals surface area (Å²) in [7, 11) is -1.05. The van der Waals surface area contributed by atoms with Crippen LogP contribution in [0.5, 0.6) is 0 Å². The van der Waals surface area contributed by atoms with E-state index in [0.29, 0.717) is 0 Å². The first-order chi connectivity index (χ1) is 7.84. The highest BCUT2D eigenvalue weighted by Gasteiger charge is 2.22. The Morgan fingerprint density at radius 3 is 2.47 bits per heavy atom. The van der Waals surface area contributed by atoms with Gasteiger partial charge in [0, 0.05) is 17.9 Å². The fourth-order valence-electron chi connectivity index (χ4n) is 1.38. The van der Waals surface area contributed by atoms with E-state index in [1.807, 2.05) is 46.0 Å². The third-order valence-corrected chi connectivity index (χ3v) is 4.16. The minimum absolute atomic E-state index is 0.100. The van der Waals surface area contributed by atoms with Gasteiger partial charge in [0.15, 0.2) is 0 Å². The van der Waals surface area contributed by atoms with Crippen LogP contribution in [0.25, 0.3) is 0 Å². The molecule has 0 aliphatic heterocycles. The Kier molecular flexibility index (Phi) is 4.83. The highest BCUT2D eigenvalue weighted by molar-refractivity contribution is 7.84. The molecule has 0 aliphatic carbocycles. The Bertz CT molecular complexity index is 381. The SMILES string of the molecule is CC[C@@H](NS(=O)C(C)(C)C)c1ccc(C)nc1. The molecule has 1 rings (SSSR count). The fraction of sp³-hybridized carbons (Fsp3) is 0.615. The predicted octanol–water partition coefficient (Wildman–Crippen LogP) is 2.89. The Morgan fingerprint density at radius 1 is 1.41 bits per heavy atom. The number of rotatable bonds is 4. The van der Waals surface area contributed by atoms with Gasteiger partial charge in [0.05, 0.1) is 15.7 Å². The molecule has 96 valence electrons. The van der Waals surface area contributed by atoms with Crippen molar-refractivity contribution < 1.29 is 4.21 Å². The zero-order valence-corrected chi connectivity index (χ0v) is 12.1. The van der Waals surface area contributed by atoms with Crippen LogP contribution in [-0.4, -0.2) is 13.9 Å². The normalized spacial score (nSPS) is 15.6. The summed E-state index contributed by atoms with van der Waals surface area (Å²) in [6, 6.07) is 4.13. The van der Waals surface area contributed by atoms with Crippen LogP contribution >= 0.6 is 0 Å². The lowest BCUT2D eigenvalue weighted by atomic mass is 10.1. The van der Waals surface area contributed by atoms with E-state index in [2.05, 4.69) is 16.6 Å². The van der Waals surface area contributed by atoms with Crippen LogP contribution < -0.4 is 4.72 Å². The first kappa shape index (κ1) is 14.3. The lowest BCUT2D eigenvalue weighted by molar-refractivity contribution is 0.588. The molecule has 0 aromatic carbocycles. The molecule has 0 radical (unpaired) electrons. The van der Waals surface area contributed by atoms with E-state index >= 15 is 0 Å². The number of pyridine rings is 1. The van der Waals surface area contributed by atoms with Gasteiger partial charge in [-0.3, -0.25) is 4.98 Å². The molecule has 1 aromatic rings. The molecular weight excluding hydrogens is 232 g/mol. The average molecular weight is 254 g/mol. The van der Waals surface area contributed by atoms with Crippen LogP contribution in [0.3, 0.4) is 0 Å². The number of nitrogens with zero attached hydrogens (tertiary/aromatic N) is 1. The molecule has 0 amide bonds. The number of aryl methyl sites for hydroxylation is 1. The summed E-state index contributed by atoms with van der Waals surface area (Å²) in [5.74, 6) is 0. The minimum atomic E-state index is -1.05. The van der Waals surface area contributed by atoms with Crippen LogP contribution in [-0.2, 0) is 11.0 Å². The summed E-state index contributed by atoms with van der Waals surface area (Å²) in [5.41, 5.74) is 2.09. The maximum absolute atomic E-state index is 12.1. The lowest BCUT2D eigenvalue weighted by Crippen LogP contribution is -2.35. The number of aromatic nitrogens is 1. The topological polar surface area (TPSA) is 42.0 Å². The Morgan fingerprint density at radius 2 is 2.06 bits per heavy atom. The zero-order valence-electron chi connectivity index (χ0n) is 11.3. The maximum Gasteiger partial charge on any atom is 0.0975 e. The smallest absolute Gasteiger partial charge is 0.0975 e. The van der Waals surface area contributed by atoms with Crippen molar-refractivity contribution in [1.29, 1.82) is 0 Å². The molecule has 0 aliphatic rings. The standard InChI is InChI=1S/C13H22N2OS/c1-6-12(15-17(16)13(3,4)5)11-8-7-10(2)14-9-11/h7-9,12,15H,6H2,1-5H3/t12-,17?/m1/s1. The van der Waals surface area contributed by atoms with E-state index in [0.717, 1.165) is 17.7 Å².